The van der Waals surface area contributed by atoms with Gasteiger partial charge in [-0.15, -0.1) is 0 Å². The molecule has 96 valence electrons. The van der Waals surface area contributed by atoms with Gasteiger partial charge in [0.05, 0.1) is 9.95 Å². The van der Waals surface area contributed by atoms with Crippen LogP contribution in [0.4, 0.5) is 11.4 Å². The molecule has 0 fully saturated rings. The zero-order valence-corrected chi connectivity index (χ0v) is 10.4. The molecule has 0 aliphatic carbocycles. The van der Waals surface area contributed by atoms with Crippen LogP contribution in [0, 0.1) is 10.1 Å². The first kappa shape index (κ1) is 14.0. The molecule has 1 amide bonds. The molecular formula is C11H12ClN3O3. The summed E-state index contributed by atoms with van der Waals surface area (Å²) in [5.74, 6) is -0.158. The summed E-state index contributed by atoms with van der Waals surface area (Å²) in [7, 11) is 0. The molecule has 18 heavy (non-hydrogen) atoms. The lowest BCUT2D eigenvalue weighted by Gasteiger charge is -2.02. The number of carbonyl (C=O) groups is 1. The van der Waals surface area contributed by atoms with Crippen LogP contribution in [0.2, 0.25) is 5.02 Å². The van der Waals surface area contributed by atoms with Gasteiger partial charge in [-0.2, -0.15) is 0 Å². The van der Waals surface area contributed by atoms with Gasteiger partial charge in [0.15, 0.2) is 0 Å². The Morgan fingerprint density at radius 1 is 1.61 bits per heavy atom. The van der Waals surface area contributed by atoms with E-state index >= 15 is 0 Å². The Labute approximate surface area is 109 Å². The molecule has 1 aromatic carbocycles. The summed E-state index contributed by atoms with van der Waals surface area (Å²) in [4.78, 5) is 20.8. The topological polar surface area (TPSA) is 98.3 Å². The van der Waals surface area contributed by atoms with Gasteiger partial charge in [0, 0.05) is 19.5 Å². The molecule has 0 heterocycles. The number of nitrogens with two attached hydrogens (primary N) is 1. The number of nitro benzene ring substituents is 1. The van der Waals surface area contributed by atoms with Crippen molar-refractivity contribution >= 4 is 35.0 Å². The van der Waals surface area contributed by atoms with Crippen molar-refractivity contribution in [2.45, 2.75) is 6.92 Å². The average Bonchev–Trinajstić information content (AvgIpc) is 2.25. The summed E-state index contributed by atoms with van der Waals surface area (Å²) >= 11 is 5.91. The van der Waals surface area contributed by atoms with E-state index in [1.807, 2.05) is 0 Å². The third-order valence-corrected chi connectivity index (χ3v) is 2.44. The number of benzene rings is 1. The van der Waals surface area contributed by atoms with Gasteiger partial charge in [-0.3, -0.25) is 14.9 Å². The Balaban J connectivity index is 2.92. The fraction of sp³-hybridized carbons (Fsp3) is 0.182. The first-order valence-electron chi connectivity index (χ1n) is 5.06. The molecule has 0 atom stereocenters. The van der Waals surface area contributed by atoms with Crippen molar-refractivity contribution < 1.29 is 9.72 Å². The Bertz CT molecular complexity index is 515. The number of nitrogens with one attached hydrogen (secondary N) is 1. The fourth-order valence-corrected chi connectivity index (χ4v) is 1.50. The van der Waals surface area contributed by atoms with Gasteiger partial charge in [-0.25, -0.2) is 0 Å². The first-order valence-corrected chi connectivity index (χ1v) is 5.44. The van der Waals surface area contributed by atoms with Crippen LogP contribution in [0.15, 0.2) is 18.2 Å². The Kier molecular flexibility index (Phi) is 4.67. The van der Waals surface area contributed by atoms with Gasteiger partial charge in [0.2, 0.25) is 5.91 Å². The van der Waals surface area contributed by atoms with E-state index in [4.69, 9.17) is 17.3 Å². The third-order valence-electron chi connectivity index (χ3n) is 2.11. The second-order valence-corrected chi connectivity index (χ2v) is 3.94. The van der Waals surface area contributed by atoms with Gasteiger partial charge < -0.3 is 11.1 Å². The predicted molar refractivity (Wildman–Crippen MR) is 70.2 cm³/mol. The van der Waals surface area contributed by atoms with E-state index in [0.29, 0.717) is 17.1 Å². The van der Waals surface area contributed by atoms with Crippen molar-refractivity contribution in [2.24, 2.45) is 0 Å². The lowest BCUT2D eigenvalue weighted by Crippen LogP contribution is -2.19. The smallest absolute Gasteiger partial charge is 0.292 e. The average molecular weight is 270 g/mol. The number of hydrogen-bond donors (Lipinski definition) is 2. The molecule has 3 N–H and O–H groups in total. The van der Waals surface area contributed by atoms with Gasteiger partial charge in [-0.1, -0.05) is 23.8 Å². The maximum atomic E-state index is 10.7. The van der Waals surface area contributed by atoms with Crippen LogP contribution in [-0.2, 0) is 4.79 Å². The normalized spacial score (nSPS) is 10.6. The monoisotopic (exact) mass is 269 g/mol. The van der Waals surface area contributed by atoms with Crippen LogP contribution < -0.4 is 11.1 Å². The lowest BCUT2D eigenvalue weighted by molar-refractivity contribution is -0.383. The summed E-state index contributed by atoms with van der Waals surface area (Å²) in [5.41, 5.74) is 5.78. The highest BCUT2D eigenvalue weighted by atomic mass is 35.5. The SMILES string of the molecule is CC(=O)NCC=Cc1cc([N+](=O)[O-])c(N)cc1Cl. The summed E-state index contributed by atoms with van der Waals surface area (Å²) in [6, 6.07) is 2.62. The number of halogens is 1. The van der Waals surface area contributed by atoms with Gasteiger partial charge in [-0.05, 0) is 11.6 Å². The highest BCUT2D eigenvalue weighted by molar-refractivity contribution is 6.32. The van der Waals surface area contributed by atoms with Gasteiger partial charge in [0.1, 0.15) is 5.69 Å². The van der Waals surface area contributed by atoms with Gasteiger partial charge in [0.25, 0.3) is 5.69 Å². The Morgan fingerprint density at radius 2 is 2.28 bits per heavy atom. The van der Waals surface area contributed by atoms with E-state index < -0.39 is 4.92 Å². The minimum Gasteiger partial charge on any atom is -0.393 e. The van der Waals surface area contributed by atoms with Crippen molar-refractivity contribution in [2.75, 3.05) is 12.3 Å². The van der Waals surface area contributed by atoms with Crippen LogP contribution >= 0.6 is 11.6 Å². The highest BCUT2D eigenvalue weighted by Crippen LogP contribution is 2.29. The lowest BCUT2D eigenvalue weighted by atomic mass is 10.1. The number of rotatable bonds is 4. The van der Waals surface area contributed by atoms with Crippen LogP contribution in [0.1, 0.15) is 12.5 Å². The first-order chi connectivity index (χ1) is 8.41. The molecule has 0 saturated heterocycles. The van der Waals surface area contributed by atoms with Crippen molar-refractivity contribution in [3.8, 4) is 0 Å². The molecule has 7 heteroatoms. The van der Waals surface area contributed by atoms with Crippen molar-refractivity contribution in [1.29, 1.82) is 0 Å². The number of nitro groups is 1. The van der Waals surface area contributed by atoms with Crippen LogP contribution in [0.25, 0.3) is 6.08 Å². The number of nitrogens with zero attached hydrogens (tertiary/aromatic N) is 1. The molecule has 1 aromatic rings. The quantitative estimate of drug-likeness (QED) is 0.496. The second kappa shape index (κ2) is 6.02. The number of amides is 1. The van der Waals surface area contributed by atoms with E-state index in [9.17, 15) is 14.9 Å². The number of nitrogen functional groups attached to an aromatic ring is 1. The van der Waals surface area contributed by atoms with Crippen molar-refractivity contribution in [3.05, 3.63) is 38.9 Å². The molecule has 6 nitrogen and oxygen atoms in total. The fourth-order valence-electron chi connectivity index (χ4n) is 1.27. The molecule has 0 aromatic heterocycles. The molecule has 1 rings (SSSR count). The summed E-state index contributed by atoms with van der Waals surface area (Å²) in [6.45, 7) is 1.72. The summed E-state index contributed by atoms with van der Waals surface area (Å²) < 4.78 is 0. The second-order valence-electron chi connectivity index (χ2n) is 3.53. The zero-order chi connectivity index (χ0) is 13.7. The molecule has 0 aliphatic rings. The van der Waals surface area contributed by atoms with Crippen molar-refractivity contribution in [1.82, 2.24) is 5.32 Å². The molecule has 0 saturated carbocycles. The van der Waals surface area contributed by atoms with Crippen LogP contribution in [0.3, 0.4) is 0 Å². The molecule has 0 aliphatic heterocycles. The predicted octanol–water partition coefficient (Wildman–Crippen LogP) is 1.98. The Morgan fingerprint density at radius 3 is 2.83 bits per heavy atom. The highest BCUT2D eigenvalue weighted by Gasteiger charge is 2.13. The maximum Gasteiger partial charge on any atom is 0.292 e. The zero-order valence-electron chi connectivity index (χ0n) is 9.64. The van der Waals surface area contributed by atoms with Gasteiger partial charge >= 0.3 is 0 Å². The van der Waals surface area contributed by atoms with E-state index in [1.165, 1.54) is 19.1 Å². The number of carbonyl (C=O) groups excluding carboxylic acids is 1. The third kappa shape index (κ3) is 3.74. The molecule has 0 unspecified atom stereocenters. The standard InChI is InChI=1S/C11H12ClN3O3/c1-7(16)14-4-2-3-8-5-11(15(17)18)10(13)6-9(8)12/h2-3,5-6H,4,13H2,1H3,(H,14,16). The largest absolute Gasteiger partial charge is 0.393 e. The van der Waals surface area contributed by atoms with Crippen molar-refractivity contribution in [3.63, 3.8) is 0 Å². The molecular weight excluding hydrogens is 258 g/mol. The number of hydrogen-bond acceptors (Lipinski definition) is 4. The molecule has 0 bridgehead atoms. The Hall–Kier alpha value is -2.08. The minimum atomic E-state index is -0.573. The van der Waals surface area contributed by atoms with E-state index in [0.717, 1.165) is 0 Å². The molecule has 0 radical (unpaired) electrons. The molecule has 0 spiro atoms. The van der Waals surface area contributed by atoms with Crippen LogP contribution in [-0.4, -0.2) is 17.4 Å². The summed E-state index contributed by atoms with van der Waals surface area (Å²) in [6.07, 6.45) is 3.23. The maximum absolute atomic E-state index is 10.7. The minimum absolute atomic E-state index is 0.0176. The van der Waals surface area contributed by atoms with Crippen LogP contribution in [0.5, 0.6) is 0 Å². The number of anilines is 1. The van der Waals surface area contributed by atoms with E-state index in [1.54, 1.807) is 12.2 Å². The van der Waals surface area contributed by atoms with E-state index in [2.05, 4.69) is 5.32 Å². The summed E-state index contributed by atoms with van der Waals surface area (Å²) in [5, 5.41) is 13.6. The van der Waals surface area contributed by atoms with E-state index in [-0.39, 0.29) is 17.3 Å².